The quantitative estimate of drug-likeness (QED) is 0.330. The molecule has 0 bridgehead atoms. The van der Waals surface area contributed by atoms with Crippen LogP contribution in [0, 0.1) is 0 Å². The van der Waals surface area contributed by atoms with E-state index >= 15 is 0 Å². The van der Waals surface area contributed by atoms with Crippen LogP contribution in [0.1, 0.15) is 12.7 Å². The summed E-state index contributed by atoms with van der Waals surface area (Å²) < 4.78 is 1.96. The monoisotopic (exact) mass is 463 g/mol. The van der Waals surface area contributed by atoms with E-state index in [1.165, 1.54) is 11.8 Å². The third kappa shape index (κ3) is 5.30. The highest BCUT2D eigenvalue weighted by Gasteiger charge is 2.21. The molecule has 0 spiro atoms. The van der Waals surface area contributed by atoms with Crippen LogP contribution in [0.15, 0.2) is 90.1 Å². The Labute approximate surface area is 196 Å². The zero-order valence-corrected chi connectivity index (χ0v) is 19.0. The molecule has 0 aliphatic rings. The molecule has 3 aromatic carbocycles. The second-order valence-corrected chi connectivity index (χ2v) is 8.73. The zero-order chi connectivity index (χ0) is 22.3. The normalized spacial score (nSPS) is 11.7. The van der Waals surface area contributed by atoms with Gasteiger partial charge in [-0.25, -0.2) is 0 Å². The Balaban J connectivity index is 1.55. The summed E-state index contributed by atoms with van der Waals surface area (Å²) in [5.41, 5.74) is 2.51. The van der Waals surface area contributed by atoms with Gasteiger partial charge in [0.2, 0.25) is 5.91 Å². The van der Waals surface area contributed by atoms with Crippen molar-refractivity contribution < 1.29 is 4.79 Å². The number of thioether (sulfide) groups is 1. The molecular formula is C24H22ClN5OS. The number of aromatic nitrogens is 3. The van der Waals surface area contributed by atoms with Gasteiger partial charge in [-0.2, -0.15) is 0 Å². The molecule has 2 N–H and O–H groups in total. The van der Waals surface area contributed by atoms with E-state index in [0.29, 0.717) is 22.5 Å². The lowest BCUT2D eigenvalue weighted by atomic mass is 10.3. The molecule has 4 aromatic rings. The Morgan fingerprint density at radius 3 is 2.34 bits per heavy atom. The Morgan fingerprint density at radius 1 is 0.969 bits per heavy atom. The van der Waals surface area contributed by atoms with Gasteiger partial charge in [-0.3, -0.25) is 9.36 Å². The minimum absolute atomic E-state index is 0.0976. The number of para-hydroxylation sites is 3. The molecule has 1 atom stereocenters. The molecule has 0 fully saturated rings. The van der Waals surface area contributed by atoms with Gasteiger partial charge in [0.15, 0.2) is 11.0 Å². The number of benzene rings is 3. The third-order valence-electron chi connectivity index (χ3n) is 4.72. The second kappa shape index (κ2) is 10.3. The van der Waals surface area contributed by atoms with E-state index in [-0.39, 0.29) is 11.2 Å². The zero-order valence-electron chi connectivity index (χ0n) is 17.4. The molecule has 0 aliphatic heterocycles. The first kappa shape index (κ1) is 21.9. The molecule has 0 saturated carbocycles. The summed E-state index contributed by atoms with van der Waals surface area (Å²) in [5.74, 6) is 0.619. The number of amides is 1. The maximum atomic E-state index is 12.7. The summed E-state index contributed by atoms with van der Waals surface area (Å²) >= 11 is 7.63. The molecular weight excluding hydrogens is 442 g/mol. The van der Waals surface area contributed by atoms with Gasteiger partial charge in [0.05, 0.1) is 22.5 Å². The highest BCUT2D eigenvalue weighted by atomic mass is 35.5. The van der Waals surface area contributed by atoms with Crippen molar-refractivity contribution in [2.24, 2.45) is 0 Å². The number of hydrogen-bond donors (Lipinski definition) is 2. The van der Waals surface area contributed by atoms with Crippen LogP contribution in [0.3, 0.4) is 0 Å². The van der Waals surface area contributed by atoms with Crippen LogP contribution in [-0.4, -0.2) is 25.9 Å². The van der Waals surface area contributed by atoms with Gasteiger partial charge >= 0.3 is 0 Å². The van der Waals surface area contributed by atoms with Crippen molar-refractivity contribution in [3.8, 4) is 5.69 Å². The SMILES string of the molecule is C[C@H](Sc1nnc(CNc2ccccc2Cl)n1-c1ccccc1)C(=O)Nc1ccccc1. The molecule has 0 aliphatic carbocycles. The molecule has 162 valence electrons. The van der Waals surface area contributed by atoms with Crippen molar-refractivity contribution in [2.75, 3.05) is 10.6 Å². The van der Waals surface area contributed by atoms with E-state index in [1.807, 2.05) is 96.4 Å². The fourth-order valence-corrected chi connectivity index (χ4v) is 4.17. The number of hydrogen-bond acceptors (Lipinski definition) is 5. The first-order valence-corrected chi connectivity index (χ1v) is 11.4. The number of carbonyl (C=O) groups is 1. The van der Waals surface area contributed by atoms with E-state index in [1.54, 1.807) is 0 Å². The Morgan fingerprint density at radius 2 is 1.62 bits per heavy atom. The molecule has 4 rings (SSSR count). The summed E-state index contributed by atoms with van der Waals surface area (Å²) in [6.07, 6.45) is 0. The van der Waals surface area contributed by atoms with Crippen molar-refractivity contribution >= 4 is 40.6 Å². The first-order chi connectivity index (χ1) is 15.6. The number of rotatable bonds is 8. The molecule has 1 heterocycles. The summed E-state index contributed by atoms with van der Waals surface area (Å²) in [6.45, 7) is 2.28. The Hall–Kier alpha value is -3.29. The topological polar surface area (TPSA) is 71.8 Å². The number of nitrogens with one attached hydrogen (secondary N) is 2. The minimum Gasteiger partial charge on any atom is -0.377 e. The van der Waals surface area contributed by atoms with Crippen molar-refractivity contribution in [3.63, 3.8) is 0 Å². The summed E-state index contributed by atoms with van der Waals surface area (Å²) in [5, 5.41) is 15.9. The van der Waals surface area contributed by atoms with E-state index in [4.69, 9.17) is 11.6 Å². The average Bonchev–Trinajstić information content (AvgIpc) is 3.22. The minimum atomic E-state index is -0.369. The summed E-state index contributed by atoms with van der Waals surface area (Å²) in [6, 6.07) is 26.8. The van der Waals surface area contributed by atoms with Crippen molar-refractivity contribution in [2.45, 2.75) is 23.9 Å². The summed E-state index contributed by atoms with van der Waals surface area (Å²) in [4.78, 5) is 12.7. The Kier molecular flexibility index (Phi) is 7.09. The number of anilines is 2. The smallest absolute Gasteiger partial charge is 0.237 e. The van der Waals surface area contributed by atoms with E-state index in [9.17, 15) is 4.79 Å². The van der Waals surface area contributed by atoms with Gasteiger partial charge in [0, 0.05) is 11.4 Å². The van der Waals surface area contributed by atoms with Gasteiger partial charge in [0.25, 0.3) is 0 Å². The van der Waals surface area contributed by atoms with Gasteiger partial charge in [-0.05, 0) is 43.3 Å². The third-order valence-corrected chi connectivity index (χ3v) is 6.09. The molecule has 32 heavy (non-hydrogen) atoms. The van der Waals surface area contributed by atoms with Crippen LogP contribution in [0.5, 0.6) is 0 Å². The van der Waals surface area contributed by atoms with E-state index in [0.717, 1.165) is 17.1 Å². The summed E-state index contributed by atoms with van der Waals surface area (Å²) in [7, 11) is 0. The van der Waals surface area contributed by atoms with Crippen LogP contribution >= 0.6 is 23.4 Å². The predicted molar refractivity (Wildman–Crippen MR) is 131 cm³/mol. The van der Waals surface area contributed by atoms with Gasteiger partial charge < -0.3 is 10.6 Å². The number of nitrogens with zero attached hydrogens (tertiary/aromatic N) is 3. The number of carbonyl (C=O) groups excluding carboxylic acids is 1. The lowest BCUT2D eigenvalue weighted by Crippen LogP contribution is -2.23. The van der Waals surface area contributed by atoms with Gasteiger partial charge in [0.1, 0.15) is 0 Å². The average molecular weight is 464 g/mol. The molecule has 0 radical (unpaired) electrons. The molecule has 1 amide bonds. The van der Waals surface area contributed by atoms with E-state index < -0.39 is 0 Å². The van der Waals surface area contributed by atoms with Crippen LogP contribution in [0.4, 0.5) is 11.4 Å². The maximum absolute atomic E-state index is 12.7. The van der Waals surface area contributed by atoms with E-state index in [2.05, 4.69) is 20.8 Å². The van der Waals surface area contributed by atoms with Gasteiger partial charge in [-0.15, -0.1) is 10.2 Å². The molecule has 8 heteroatoms. The van der Waals surface area contributed by atoms with Crippen molar-refractivity contribution in [3.05, 3.63) is 95.8 Å². The Bertz CT molecular complexity index is 1180. The standard InChI is InChI=1S/C24H22ClN5OS/c1-17(23(31)27-18-10-4-2-5-11-18)32-24-29-28-22(30(24)19-12-6-3-7-13-19)16-26-21-15-9-8-14-20(21)25/h2-15,17,26H,16H2,1H3,(H,27,31)/t17-/m0/s1. The lowest BCUT2D eigenvalue weighted by Gasteiger charge is -2.14. The van der Waals surface area contributed by atoms with Crippen LogP contribution in [0.25, 0.3) is 5.69 Å². The molecule has 1 aromatic heterocycles. The molecule has 0 unspecified atom stereocenters. The van der Waals surface area contributed by atoms with Crippen LogP contribution < -0.4 is 10.6 Å². The van der Waals surface area contributed by atoms with Crippen LogP contribution in [-0.2, 0) is 11.3 Å². The second-order valence-electron chi connectivity index (χ2n) is 7.02. The van der Waals surface area contributed by atoms with Crippen molar-refractivity contribution in [1.82, 2.24) is 14.8 Å². The highest BCUT2D eigenvalue weighted by molar-refractivity contribution is 8.00. The predicted octanol–water partition coefficient (Wildman–Crippen LogP) is 5.65. The van der Waals surface area contributed by atoms with Crippen molar-refractivity contribution in [1.29, 1.82) is 0 Å². The maximum Gasteiger partial charge on any atom is 0.237 e. The highest BCUT2D eigenvalue weighted by Crippen LogP contribution is 2.27. The fraction of sp³-hybridized carbons (Fsp3) is 0.125. The van der Waals surface area contributed by atoms with Gasteiger partial charge in [-0.1, -0.05) is 71.9 Å². The molecule has 6 nitrogen and oxygen atoms in total. The fourth-order valence-electron chi connectivity index (χ4n) is 3.08. The first-order valence-electron chi connectivity index (χ1n) is 10.1. The largest absolute Gasteiger partial charge is 0.377 e. The van der Waals surface area contributed by atoms with Crippen LogP contribution in [0.2, 0.25) is 5.02 Å². The molecule has 0 saturated heterocycles. The lowest BCUT2D eigenvalue weighted by molar-refractivity contribution is -0.115. The number of halogens is 1.